The number of rotatable bonds is 6. The van der Waals surface area contributed by atoms with Crippen molar-refractivity contribution in [2.45, 2.75) is 27.2 Å². The predicted molar refractivity (Wildman–Crippen MR) is 88.0 cm³/mol. The summed E-state index contributed by atoms with van der Waals surface area (Å²) in [6.45, 7) is 11.8. The topological polar surface area (TPSA) is 61.4 Å². The molecule has 1 aliphatic heterocycles. The maximum atomic E-state index is 12.5. The second-order valence-corrected chi connectivity index (χ2v) is 6.12. The Hall–Kier alpha value is -1.69. The molecule has 1 saturated heterocycles. The Labute approximate surface area is 132 Å². The Morgan fingerprint density at radius 2 is 2.00 bits per heavy atom. The molecule has 22 heavy (non-hydrogen) atoms. The fourth-order valence-electron chi connectivity index (χ4n) is 2.49. The molecule has 0 atom stereocenters. The van der Waals surface area contributed by atoms with E-state index in [1.54, 1.807) is 6.07 Å². The molecule has 6 heteroatoms. The van der Waals surface area contributed by atoms with Gasteiger partial charge in [0.1, 0.15) is 17.8 Å². The van der Waals surface area contributed by atoms with Crippen molar-refractivity contribution in [1.29, 1.82) is 0 Å². The van der Waals surface area contributed by atoms with Crippen LogP contribution >= 0.6 is 0 Å². The van der Waals surface area contributed by atoms with E-state index < -0.39 is 0 Å². The summed E-state index contributed by atoms with van der Waals surface area (Å²) in [4.78, 5) is 25.1. The lowest BCUT2D eigenvalue weighted by molar-refractivity contribution is 0.0637. The van der Waals surface area contributed by atoms with Gasteiger partial charge in [0, 0.05) is 38.8 Å². The van der Waals surface area contributed by atoms with Crippen LogP contribution < -0.4 is 5.32 Å². The molecule has 0 aromatic carbocycles. The summed E-state index contributed by atoms with van der Waals surface area (Å²) in [6, 6.07) is 1.76. The normalized spacial score (nSPS) is 16.1. The number of anilines is 1. The predicted octanol–water partition coefficient (Wildman–Crippen LogP) is 1.71. The summed E-state index contributed by atoms with van der Waals surface area (Å²) in [5.74, 6) is 1.38. The molecular weight excluding hydrogens is 278 g/mol. The third-order valence-corrected chi connectivity index (χ3v) is 4.02. The van der Waals surface area contributed by atoms with E-state index in [1.165, 1.54) is 6.33 Å². The van der Waals surface area contributed by atoms with Gasteiger partial charge in [0.2, 0.25) is 0 Å². The summed E-state index contributed by atoms with van der Waals surface area (Å²) in [6.07, 6.45) is 2.54. The molecule has 2 heterocycles. The van der Waals surface area contributed by atoms with Crippen LogP contribution in [0, 0.1) is 5.92 Å². The van der Waals surface area contributed by atoms with Gasteiger partial charge in [0.25, 0.3) is 5.91 Å². The first kappa shape index (κ1) is 16.7. The number of carbonyl (C=O) groups is 1. The zero-order valence-corrected chi connectivity index (χ0v) is 13.9. The van der Waals surface area contributed by atoms with Crippen molar-refractivity contribution in [3.05, 3.63) is 18.1 Å². The minimum atomic E-state index is 0.00469. The summed E-state index contributed by atoms with van der Waals surface area (Å²) >= 11 is 0. The zero-order chi connectivity index (χ0) is 15.9. The van der Waals surface area contributed by atoms with Gasteiger partial charge in [-0.15, -0.1) is 0 Å². The van der Waals surface area contributed by atoms with E-state index in [-0.39, 0.29) is 5.91 Å². The van der Waals surface area contributed by atoms with Crippen LogP contribution in [0.1, 0.15) is 37.7 Å². The number of carbonyl (C=O) groups excluding carboxylic acids is 1. The standard InChI is InChI=1S/C16H27N5O/c1-4-20-7-9-21(10-8-20)16(22)14-11-15(19-12-18-14)17-6-5-13(2)3/h11-13H,4-10H2,1-3H3,(H,17,18,19). The number of hydrogen-bond donors (Lipinski definition) is 1. The van der Waals surface area contributed by atoms with Gasteiger partial charge in [0.15, 0.2) is 0 Å². The van der Waals surface area contributed by atoms with E-state index in [0.717, 1.165) is 51.5 Å². The molecule has 0 unspecified atom stereocenters. The highest BCUT2D eigenvalue weighted by molar-refractivity contribution is 5.93. The molecule has 1 aromatic heterocycles. The van der Waals surface area contributed by atoms with Gasteiger partial charge in [-0.3, -0.25) is 4.79 Å². The highest BCUT2D eigenvalue weighted by Crippen LogP contribution is 2.10. The molecule has 6 nitrogen and oxygen atoms in total. The van der Waals surface area contributed by atoms with Crippen LogP contribution in [-0.2, 0) is 0 Å². The lowest BCUT2D eigenvalue weighted by atomic mass is 10.1. The van der Waals surface area contributed by atoms with Crippen LogP contribution in [0.15, 0.2) is 12.4 Å². The Morgan fingerprint density at radius 1 is 1.27 bits per heavy atom. The first-order valence-corrected chi connectivity index (χ1v) is 8.17. The summed E-state index contributed by atoms with van der Waals surface area (Å²) in [7, 11) is 0. The summed E-state index contributed by atoms with van der Waals surface area (Å²) in [5.41, 5.74) is 0.479. The molecular formula is C16H27N5O. The van der Waals surface area contributed by atoms with Crippen molar-refractivity contribution in [2.24, 2.45) is 5.92 Å². The van der Waals surface area contributed by atoms with Crippen molar-refractivity contribution in [3.8, 4) is 0 Å². The summed E-state index contributed by atoms with van der Waals surface area (Å²) < 4.78 is 0. The van der Waals surface area contributed by atoms with Crippen LogP contribution in [0.3, 0.4) is 0 Å². The molecule has 0 aliphatic carbocycles. The van der Waals surface area contributed by atoms with E-state index in [2.05, 4.69) is 41.0 Å². The lowest BCUT2D eigenvalue weighted by Crippen LogP contribution is -2.48. The molecule has 1 N–H and O–H groups in total. The quantitative estimate of drug-likeness (QED) is 0.867. The minimum absolute atomic E-state index is 0.00469. The average Bonchev–Trinajstić information content (AvgIpc) is 2.54. The van der Waals surface area contributed by atoms with Crippen molar-refractivity contribution in [3.63, 3.8) is 0 Å². The Morgan fingerprint density at radius 3 is 2.64 bits per heavy atom. The zero-order valence-electron chi connectivity index (χ0n) is 13.9. The van der Waals surface area contributed by atoms with Crippen LogP contribution in [0.4, 0.5) is 5.82 Å². The third kappa shape index (κ3) is 4.66. The SMILES string of the molecule is CCN1CCN(C(=O)c2cc(NCCC(C)C)ncn2)CC1. The maximum absolute atomic E-state index is 12.5. The molecule has 1 amide bonds. The molecule has 1 aromatic rings. The molecule has 0 radical (unpaired) electrons. The summed E-state index contributed by atoms with van der Waals surface area (Å²) in [5, 5.41) is 3.26. The Bertz CT molecular complexity index is 483. The Balaban J connectivity index is 1.92. The van der Waals surface area contributed by atoms with Crippen LogP contribution in [-0.4, -0.2) is 64.9 Å². The van der Waals surface area contributed by atoms with Crippen molar-refractivity contribution >= 4 is 11.7 Å². The van der Waals surface area contributed by atoms with Crippen LogP contribution in [0.2, 0.25) is 0 Å². The third-order valence-electron chi connectivity index (χ3n) is 4.02. The fourth-order valence-corrected chi connectivity index (χ4v) is 2.49. The van der Waals surface area contributed by atoms with Gasteiger partial charge >= 0.3 is 0 Å². The molecule has 0 spiro atoms. The smallest absolute Gasteiger partial charge is 0.272 e. The largest absolute Gasteiger partial charge is 0.370 e. The van der Waals surface area contributed by atoms with Gasteiger partial charge in [0.05, 0.1) is 0 Å². The van der Waals surface area contributed by atoms with E-state index in [1.807, 2.05) is 4.90 Å². The number of aromatic nitrogens is 2. The van der Waals surface area contributed by atoms with Crippen molar-refractivity contribution in [2.75, 3.05) is 44.6 Å². The van der Waals surface area contributed by atoms with E-state index in [0.29, 0.717) is 11.6 Å². The monoisotopic (exact) mass is 305 g/mol. The van der Waals surface area contributed by atoms with Crippen molar-refractivity contribution < 1.29 is 4.79 Å². The van der Waals surface area contributed by atoms with Gasteiger partial charge in [-0.1, -0.05) is 20.8 Å². The molecule has 1 aliphatic rings. The lowest BCUT2D eigenvalue weighted by Gasteiger charge is -2.33. The van der Waals surface area contributed by atoms with Crippen molar-refractivity contribution in [1.82, 2.24) is 19.8 Å². The second kappa shape index (κ2) is 8.08. The highest BCUT2D eigenvalue weighted by Gasteiger charge is 2.22. The second-order valence-electron chi connectivity index (χ2n) is 6.12. The number of nitrogens with one attached hydrogen (secondary N) is 1. The fraction of sp³-hybridized carbons (Fsp3) is 0.688. The van der Waals surface area contributed by atoms with Gasteiger partial charge in [-0.25, -0.2) is 9.97 Å². The number of nitrogens with zero attached hydrogens (tertiary/aromatic N) is 4. The Kier molecular flexibility index (Phi) is 6.12. The number of likely N-dealkylation sites (N-methyl/N-ethyl adjacent to an activating group) is 1. The first-order chi connectivity index (χ1) is 10.6. The van der Waals surface area contributed by atoms with E-state index in [9.17, 15) is 4.79 Å². The van der Waals surface area contributed by atoms with Gasteiger partial charge in [-0.05, 0) is 18.9 Å². The number of hydrogen-bond acceptors (Lipinski definition) is 5. The minimum Gasteiger partial charge on any atom is -0.370 e. The van der Waals surface area contributed by atoms with Crippen LogP contribution in [0.5, 0.6) is 0 Å². The number of piperazine rings is 1. The van der Waals surface area contributed by atoms with Gasteiger partial charge in [-0.2, -0.15) is 0 Å². The molecule has 2 rings (SSSR count). The van der Waals surface area contributed by atoms with Crippen LogP contribution in [0.25, 0.3) is 0 Å². The molecule has 0 bridgehead atoms. The van der Waals surface area contributed by atoms with Gasteiger partial charge < -0.3 is 15.1 Å². The van der Waals surface area contributed by atoms with E-state index >= 15 is 0 Å². The first-order valence-electron chi connectivity index (χ1n) is 8.17. The highest BCUT2D eigenvalue weighted by atomic mass is 16.2. The van der Waals surface area contributed by atoms with E-state index in [4.69, 9.17) is 0 Å². The average molecular weight is 305 g/mol. The molecule has 1 fully saturated rings. The number of amides is 1. The molecule has 0 saturated carbocycles. The molecule has 122 valence electrons. The maximum Gasteiger partial charge on any atom is 0.272 e.